The zero-order chi connectivity index (χ0) is 11.1. The van der Waals surface area contributed by atoms with Crippen molar-refractivity contribution >= 4 is 23.9 Å². The second-order valence-corrected chi connectivity index (χ2v) is 3.35. The molecule has 8 heteroatoms. The summed E-state index contributed by atoms with van der Waals surface area (Å²) in [5.74, 6) is -1.28. The Morgan fingerprint density at radius 3 is 2.50 bits per heavy atom. The molecule has 0 spiro atoms. The quantitative estimate of drug-likeness (QED) is 0.507. The maximum absolute atomic E-state index is 11.1. The van der Waals surface area contributed by atoms with Crippen molar-refractivity contribution in [3.63, 3.8) is 0 Å². The van der Waals surface area contributed by atoms with Gasteiger partial charge in [0.2, 0.25) is 0 Å². The first-order chi connectivity index (χ1) is 6.49. The van der Waals surface area contributed by atoms with E-state index in [0.717, 1.165) is 0 Å². The van der Waals surface area contributed by atoms with Gasteiger partial charge in [0.05, 0.1) is 0 Å². The van der Waals surface area contributed by atoms with Crippen LogP contribution in [-0.2, 0) is 4.79 Å². The van der Waals surface area contributed by atoms with E-state index in [1.165, 1.54) is 19.0 Å². The lowest BCUT2D eigenvalue weighted by molar-refractivity contribution is -0.138. The van der Waals surface area contributed by atoms with Crippen LogP contribution in [0.2, 0.25) is 0 Å². The fraction of sp³-hybridized carbons (Fsp3) is 0.667. The molecule has 0 rings (SSSR count). The van der Waals surface area contributed by atoms with Crippen molar-refractivity contribution in [2.45, 2.75) is 6.04 Å². The fourth-order valence-corrected chi connectivity index (χ4v) is 0.994. The van der Waals surface area contributed by atoms with Gasteiger partial charge in [-0.05, 0) is 0 Å². The number of nitrogens with one attached hydrogen (secondary N) is 1. The SMILES string of the molecule is CN(C)C(=O)NC(CSN=O)C(=O)O. The molecule has 14 heavy (non-hydrogen) atoms. The molecule has 80 valence electrons. The van der Waals surface area contributed by atoms with Crippen LogP contribution in [0.15, 0.2) is 4.58 Å². The second kappa shape index (κ2) is 6.19. The molecule has 0 radical (unpaired) electrons. The molecule has 7 nitrogen and oxygen atoms in total. The van der Waals surface area contributed by atoms with Gasteiger partial charge in [0.1, 0.15) is 6.04 Å². The Bertz CT molecular complexity index is 233. The molecule has 1 unspecified atom stereocenters. The number of carboxylic acid groups (broad SMARTS) is 1. The van der Waals surface area contributed by atoms with E-state index in [1.807, 2.05) is 0 Å². The number of rotatable bonds is 5. The molecule has 0 aromatic carbocycles. The monoisotopic (exact) mass is 221 g/mol. The molecule has 0 aliphatic heterocycles. The van der Waals surface area contributed by atoms with E-state index in [4.69, 9.17) is 5.11 Å². The molecule has 0 fully saturated rings. The summed E-state index contributed by atoms with van der Waals surface area (Å²) in [5, 5.41) is 10.9. The van der Waals surface area contributed by atoms with Crippen LogP contribution >= 0.6 is 11.9 Å². The molecule has 2 amide bonds. The Balaban J connectivity index is 4.15. The van der Waals surface area contributed by atoms with E-state index >= 15 is 0 Å². The van der Waals surface area contributed by atoms with E-state index in [1.54, 1.807) is 0 Å². The molecule has 1 atom stereocenters. The highest BCUT2D eigenvalue weighted by Crippen LogP contribution is 2.03. The fourth-order valence-electron chi connectivity index (χ4n) is 0.558. The van der Waals surface area contributed by atoms with Gasteiger partial charge in [-0.1, -0.05) is 0 Å². The number of hydrogen-bond acceptors (Lipinski definition) is 5. The Morgan fingerprint density at radius 2 is 2.14 bits per heavy atom. The average Bonchev–Trinajstić information content (AvgIpc) is 2.10. The molecule has 0 saturated carbocycles. The predicted molar refractivity (Wildman–Crippen MR) is 51.9 cm³/mol. The molecule has 0 aromatic rings. The number of carbonyl (C=O) groups is 2. The first-order valence-electron chi connectivity index (χ1n) is 3.64. The largest absolute Gasteiger partial charge is 0.480 e. The summed E-state index contributed by atoms with van der Waals surface area (Å²) < 4.78 is 2.45. The normalized spacial score (nSPS) is 11.6. The van der Waals surface area contributed by atoms with Crippen molar-refractivity contribution in [3.8, 4) is 0 Å². The minimum atomic E-state index is -1.20. The maximum Gasteiger partial charge on any atom is 0.327 e. The van der Waals surface area contributed by atoms with Crippen molar-refractivity contribution in [1.82, 2.24) is 10.2 Å². The number of amides is 2. The Kier molecular flexibility index (Phi) is 5.61. The number of hydrogen-bond donors (Lipinski definition) is 2. The van der Waals surface area contributed by atoms with Crippen molar-refractivity contribution in [3.05, 3.63) is 4.91 Å². The average molecular weight is 221 g/mol. The van der Waals surface area contributed by atoms with Crippen LogP contribution in [-0.4, -0.2) is 47.9 Å². The first kappa shape index (κ1) is 12.7. The summed E-state index contributed by atoms with van der Waals surface area (Å²) in [6.45, 7) is 0. The number of carbonyl (C=O) groups excluding carboxylic acids is 1. The number of aliphatic carboxylic acids is 1. The topological polar surface area (TPSA) is 99.1 Å². The first-order valence-corrected chi connectivity index (χ1v) is 4.58. The highest BCUT2D eigenvalue weighted by Gasteiger charge is 2.20. The van der Waals surface area contributed by atoms with Crippen molar-refractivity contribution in [2.24, 2.45) is 4.58 Å². The number of urea groups is 1. The zero-order valence-electron chi connectivity index (χ0n) is 7.76. The van der Waals surface area contributed by atoms with Crippen LogP contribution in [0.1, 0.15) is 0 Å². The van der Waals surface area contributed by atoms with Gasteiger partial charge in [0, 0.05) is 36.4 Å². The third kappa shape index (κ3) is 4.65. The van der Waals surface area contributed by atoms with Crippen molar-refractivity contribution < 1.29 is 14.7 Å². The predicted octanol–water partition coefficient (Wildman–Crippen LogP) is 0.125. The molecule has 0 saturated heterocycles. The number of nitroso groups, excluding NO2 is 1. The van der Waals surface area contributed by atoms with E-state index < -0.39 is 18.0 Å². The lowest BCUT2D eigenvalue weighted by atomic mass is 10.3. The van der Waals surface area contributed by atoms with Gasteiger partial charge >= 0.3 is 12.0 Å². The van der Waals surface area contributed by atoms with Gasteiger partial charge in [0.25, 0.3) is 0 Å². The molecule has 2 N–H and O–H groups in total. The molecular weight excluding hydrogens is 210 g/mol. The van der Waals surface area contributed by atoms with E-state index in [-0.39, 0.29) is 5.75 Å². The van der Waals surface area contributed by atoms with Crippen molar-refractivity contribution in [2.75, 3.05) is 19.8 Å². The third-order valence-electron chi connectivity index (χ3n) is 1.30. The lowest BCUT2D eigenvalue weighted by Gasteiger charge is -2.16. The van der Waals surface area contributed by atoms with Crippen LogP contribution < -0.4 is 5.32 Å². The minimum absolute atomic E-state index is 0.0849. The van der Waals surface area contributed by atoms with E-state index in [9.17, 15) is 14.5 Å². The summed E-state index contributed by atoms with van der Waals surface area (Å²) in [6.07, 6.45) is 0. The molecule has 0 aromatic heterocycles. The van der Waals surface area contributed by atoms with Gasteiger partial charge in [0.15, 0.2) is 0 Å². The summed E-state index contributed by atoms with van der Waals surface area (Å²) in [7, 11) is 2.97. The Morgan fingerprint density at radius 1 is 1.57 bits per heavy atom. The molecule has 0 heterocycles. The van der Waals surface area contributed by atoms with E-state index in [0.29, 0.717) is 11.9 Å². The van der Waals surface area contributed by atoms with Gasteiger partial charge in [-0.3, -0.25) is 0 Å². The minimum Gasteiger partial charge on any atom is -0.480 e. The van der Waals surface area contributed by atoms with Gasteiger partial charge in [-0.2, -0.15) is 0 Å². The summed E-state index contributed by atoms with van der Waals surface area (Å²) in [6, 6.07) is -1.63. The van der Waals surface area contributed by atoms with Gasteiger partial charge in [-0.25, -0.2) is 9.59 Å². The summed E-state index contributed by atoms with van der Waals surface area (Å²) >= 11 is 0.554. The van der Waals surface area contributed by atoms with Crippen LogP contribution in [0.5, 0.6) is 0 Å². The van der Waals surface area contributed by atoms with Crippen LogP contribution in [0.25, 0.3) is 0 Å². The van der Waals surface area contributed by atoms with Crippen molar-refractivity contribution in [1.29, 1.82) is 0 Å². The van der Waals surface area contributed by atoms with Crippen LogP contribution in [0, 0.1) is 4.91 Å². The standard InChI is InChI=1S/C6H11N3O4S/c1-9(2)6(12)7-4(5(10)11)3-14-8-13/h4H,3H2,1-2H3,(H,7,12)(H,10,11). The Labute approximate surface area is 84.9 Å². The lowest BCUT2D eigenvalue weighted by Crippen LogP contribution is -2.46. The Hall–Kier alpha value is -1.31. The molecule has 0 bridgehead atoms. The second-order valence-electron chi connectivity index (χ2n) is 2.61. The summed E-state index contributed by atoms with van der Waals surface area (Å²) in [4.78, 5) is 32.6. The smallest absolute Gasteiger partial charge is 0.327 e. The third-order valence-corrected chi connectivity index (χ3v) is 1.88. The highest BCUT2D eigenvalue weighted by molar-refractivity contribution is 7.97. The van der Waals surface area contributed by atoms with E-state index in [2.05, 4.69) is 9.90 Å². The number of nitrogens with zero attached hydrogens (tertiary/aromatic N) is 2. The molecule has 0 aliphatic carbocycles. The summed E-state index contributed by atoms with van der Waals surface area (Å²) in [5.41, 5.74) is 0. The molecular formula is C6H11N3O4S. The van der Waals surface area contributed by atoms with Gasteiger partial charge < -0.3 is 15.3 Å². The number of carboxylic acids is 1. The highest BCUT2D eigenvalue weighted by atomic mass is 32.2. The van der Waals surface area contributed by atoms with Crippen LogP contribution in [0.3, 0.4) is 0 Å². The zero-order valence-corrected chi connectivity index (χ0v) is 8.58. The van der Waals surface area contributed by atoms with Gasteiger partial charge in [-0.15, -0.1) is 4.91 Å². The van der Waals surface area contributed by atoms with Crippen LogP contribution in [0.4, 0.5) is 4.79 Å². The molecule has 0 aliphatic rings. The maximum atomic E-state index is 11.1.